The van der Waals surface area contributed by atoms with Gasteiger partial charge < -0.3 is 0 Å². The molecule has 11 aliphatic carbocycles. The number of rotatable bonds is 4. The lowest BCUT2D eigenvalue weighted by molar-refractivity contribution is 0.453. The number of nitrogens with zero attached hydrogens (tertiary/aromatic N) is 1. The maximum atomic E-state index is 5.05. The van der Waals surface area contributed by atoms with E-state index in [0.29, 0.717) is 47.3 Å². The molecule has 0 radical (unpaired) electrons. The van der Waals surface area contributed by atoms with Crippen molar-refractivity contribution in [1.29, 1.82) is 0 Å². The fraction of sp³-hybridized carbons (Fsp3) is 0.217. The molecule has 2 aromatic carbocycles. The summed E-state index contributed by atoms with van der Waals surface area (Å²) in [7, 11) is 0. The molecule has 2 saturated carbocycles. The summed E-state index contributed by atoms with van der Waals surface area (Å²) in [6.07, 6.45) is 61.5. The molecule has 1 N–H and O–H groups in total. The molecule has 2 fully saturated rings. The van der Waals surface area contributed by atoms with Crippen LogP contribution < -0.4 is 15.8 Å². The average molecular weight is 797 g/mol. The number of hydrogen-bond donors (Lipinski definition) is 1. The van der Waals surface area contributed by atoms with Crippen LogP contribution in [0.15, 0.2) is 239 Å². The van der Waals surface area contributed by atoms with Crippen LogP contribution in [-0.4, -0.2) is 24.3 Å². The van der Waals surface area contributed by atoms with Crippen LogP contribution in [0.4, 0.5) is 0 Å². The molecule has 0 spiro atoms. The van der Waals surface area contributed by atoms with Crippen LogP contribution in [-0.2, 0) is 0 Å². The van der Waals surface area contributed by atoms with Crippen LogP contribution in [0.1, 0.15) is 11.1 Å². The summed E-state index contributed by atoms with van der Waals surface area (Å²) in [6.45, 7) is 0. The Kier molecular flexibility index (Phi) is 7.72. The average Bonchev–Trinajstić information content (AvgIpc) is 3.85. The molecule has 1 heterocycles. The van der Waals surface area contributed by atoms with Crippen LogP contribution in [0.2, 0.25) is 0 Å². The lowest BCUT2D eigenvalue weighted by atomic mass is 9.65. The van der Waals surface area contributed by atoms with E-state index in [2.05, 4.69) is 212 Å². The zero-order valence-electron chi connectivity index (χ0n) is 34.6. The van der Waals surface area contributed by atoms with Crippen LogP contribution in [0, 0.1) is 59.2 Å². The molecule has 2 heteroatoms. The number of nitrogens with one attached hydrogen (secondary N) is 1. The standard InChI is InChI=1S/C60H48N2/c1-3-13-41-39(11-1)44-18-9-17-43-38(29-30-49(41)58(43)44)35-23-25-36(26-24-35)57-46-15-5-6-16-47(46)60(51-32-31-50-42-14-4-2-12-40(42)45-19-10-20-48(51)59(45)50)52-28-27-37(33-53(52)57)56-34-61-54-21-7-8-22-55(54)62-56/h1-34,39-43,50,52-56,58-59,62H. The Morgan fingerprint density at radius 1 is 0.468 bits per heavy atom. The Bertz CT molecular complexity index is 3050. The van der Waals surface area contributed by atoms with E-state index in [1.807, 2.05) is 0 Å². The van der Waals surface area contributed by atoms with Gasteiger partial charge in [-0.05, 0) is 66.8 Å². The molecule has 62 heavy (non-hydrogen) atoms. The summed E-state index contributed by atoms with van der Waals surface area (Å²) in [5.74, 6) is 4.01. The molecule has 2 aromatic rings. The first-order valence-corrected chi connectivity index (χ1v) is 23.1. The van der Waals surface area contributed by atoms with Crippen molar-refractivity contribution in [2.24, 2.45) is 64.2 Å². The van der Waals surface area contributed by atoms with E-state index in [1.54, 1.807) is 16.7 Å². The van der Waals surface area contributed by atoms with Crippen molar-refractivity contribution in [3.8, 4) is 0 Å². The van der Waals surface area contributed by atoms with Crippen molar-refractivity contribution in [3.05, 3.63) is 255 Å². The minimum Gasteiger partial charge on any atom is -0.297 e. The van der Waals surface area contributed by atoms with Gasteiger partial charge in [0, 0.05) is 53.6 Å². The number of aliphatic imine (C=N–C) groups is 1. The third kappa shape index (κ3) is 5.05. The highest BCUT2D eigenvalue weighted by Gasteiger charge is 2.49. The fourth-order valence-electron chi connectivity index (χ4n) is 13.7. The van der Waals surface area contributed by atoms with Gasteiger partial charge in [0.15, 0.2) is 0 Å². The monoisotopic (exact) mass is 796 g/mol. The van der Waals surface area contributed by atoms with Crippen LogP contribution in [0.3, 0.4) is 0 Å². The van der Waals surface area contributed by atoms with Crippen LogP contribution >= 0.6 is 0 Å². The lowest BCUT2D eigenvalue weighted by Crippen LogP contribution is -2.49. The predicted octanol–water partition coefficient (Wildman–Crippen LogP) is 10.1. The highest BCUT2D eigenvalue weighted by Crippen LogP contribution is 2.59. The van der Waals surface area contributed by atoms with Gasteiger partial charge >= 0.3 is 0 Å². The second kappa shape index (κ2) is 13.6. The second-order valence-electron chi connectivity index (χ2n) is 19.1. The van der Waals surface area contributed by atoms with Gasteiger partial charge in [-0.2, -0.15) is 0 Å². The first kappa shape index (κ1) is 35.3. The van der Waals surface area contributed by atoms with E-state index < -0.39 is 0 Å². The Morgan fingerprint density at radius 3 is 2.05 bits per heavy atom. The number of hydrogen-bond acceptors (Lipinski definition) is 2. The van der Waals surface area contributed by atoms with E-state index in [4.69, 9.17) is 4.99 Å². The molecule has 13 atom stereocenters. The van der Waals surface area contributed by atoms with Gasteiger partial charge in [0.25, 0.3) is 0 Å². The van der Waals surface area contributed by atoms with Crippen LogP contribution in [0.5, 0.6) is 0 Å². The van der Waals surface area contributed by atoms with E-state index in [1.165, 1.54) is 55.0 Å². The molecule has 1 aliphatic heterocycles. The first-order valence-electron chi connectivity index (χ1n) is 23.1. The van der Waals surface area contributed by atoms with E-state index in [9.17, 15) is 0 Å². The van der Waals surface area contributed by atoms with Gasteiger partial charge in [-0.25, -0.2) is 0 Å². The zero-order valence-corrected chi connectivity index (χ0v) is 34.6. The van der Waals surface area contributed by atoms with Gasteiger partial charge in [-0.1, -0.05) is 217 Å². The summed E-state index contributed by atoms with van der Waals surface area (Å²) >= 11 is 0. The van der Waals surface area contributed by atoms with Crippen molar-refractivity contribution < 1.29 is 0 Å². The lowest BCUT2D eigenvalue weighted by Gasteiger charge is -2.39. The minimum atomic E-state index is 0.0483. The van der Waals surface area contributed by atoms with E-state index in [0.717, 1.165) is 0 Å². The maximum absolute atomic E-state index is 5.05. The molecule has 14 rings (SSSR count). The second-order valence-corrected chi connectivity index (χ2v) is 19.1. The van der Waals surface area contributed by atoms with Crippen LogP contribution in [0.25, 0.3) is 16.7 Å². The highest BCUT2D eigenvalue weighted by atomic mass is 15.1. The third-order valence-electron chi connectivity index (χ3n) is 16.3. The Hall–Kier alpha value is -6.35. The molecule has 0 saturated heterocycles. The molecule has 0 bridgehead atoms. The third-order valence-corrected chi connectivity index (χ3v) is 16.3. The predicted molar refractivity (Wildman–Crippen MR) is 255 cm³/mol. The number of fused-ring (bicyclic) bond motifs is 9. The van der Waals surface area contributed by atoms with Gasteiger partial charge in [-0.15, -0.1) is 0 Å². The summed E-state index contributed by atoms with van der Waals surface area (Å²) < 4.78 is 0. The van der Waals surface area contributed by atoms with Crippen molar-refractivity contribution in [2.45, 2.75) is 18.1 Å². The first-order chi connectivity index (χ1) is 30.8. The molecular weight excluding hydrogens is 749 g/mol. The fourth-order valence-corrected chi connectivity index (χ4v) is 13.7. The van der Waals surface area contributed by atoms with E-state index in [-0.39, 0.29) is 30.0 Å². The van der Waals surface area contributed by atoms with Crippen molar-refractivity contribution in [3.63, 3.8) is 0 Å². The molecule has 12 aliphatic rings. The summed E-state index contributed by atoms with van der Waals surface area (Å²) in [5, 5.41) is 6.66. The van der Waals surface area contributed by atoms with Gasteiger partial charge in [-0.3, -0.25) is 10.3 Å². The Labute approximate surface area is 364 Å². The Morgan fingerprint density at radius 2 is 1.18 bits per heavy atom. The molecule has 298 valence electrons. The normalized spacial score (nSPS) is 37.4. The highest BCUT2D eigenvalue weighted by molar-refractivity contribution is 5.86. The molecule has 0 aromatic heterocycles. The van der Waals surface area contributed by atoms with E-state index >= 15 is 0 Å². The van der Waals surface area contributed by atoms with Gasteiger partial charge in [0.2, 0.25) is 0 Å². The van der Waals surface area contributed by atoms with Gasteiger partial charge in [0.05, 0.1) is 18.1 Å². The van der Waals surface area contributed by atoms with Gasteiger partial charge in [0.1, 0.15) is 0 Å². The summed E-state index contributed by atoms with van der Waals surface area (Å²) in [6, 6.07) is 19.4. The Balaban J connectivity index is 0.913. The topological polar surface area (TPSA) is 24.4 Å². The minimum absolute atomic E-state index is 0.0483. The van der Waals surface area contributed by atoms with Crippen molar-refractivity contribution in [1.82, 2.24) is 5.32 Å². The number of allylic oxidation sites excluding steroid dienone is 28. The number of benzene rings is 2. The summed E-state index contributed by atoms with van der Waals surface area (Å²) in [5.41, 5.74) is 15.9. The largest absolute Gasteiger partial charge is 0.297 e. The van der Waals surface area contributed by atoms with Crippen molar-refractivity contribution >= 4 is 22.9 Å². The molecule has 0 amide bonds. The summed E-state index contributed by atoms with van der Waals surface area (Å²) in [4.78, 5) is 5.05. The van der Waals surface area contributed by atoms with Crippen molar-refractivity contribution in [2.75, 3.05) is 0 Å². The molecule has 13 unspecified atom stereocenters. The maximum Gasteiger partial charge on any atom is 0.0869 e. The molecular formula is C60H48N2. The SMILES string of the molecule is C1=CC2=C(C3=c4ccccc4=C(c4ccc(C5=CC=C6C7C=CC=CC7C7=CC=CC5C76)cc4)C4C=C(C5C=NC6C=CC=CC6N5)C=CC34)C=CC3C2C(=C1)C1C=CC=CC13. The molecule has 2 nitrogen and oxygen atoms in total. The quantitative estimate of drug-likeness (QED) is 0.328. The smallest absolute Gasteiger partial charge is 0.0869 e. The zero-order chi connectivity index (χ0) is 40.5.